The fourth-order valence-corrected chi connectivity index (χ4v) is 2.14. The molecule has 1 aromatic rings. The van der Waals surface area contributed by atoms with Crippen LogP contribution in [0.15, 0.2) is 18.2 Å². The Morgan fingerprint density at radius 2 is 2.24 bits per heavy atom. The van der Waals surface area contributed by atoms with Crippen LogP contribution in [0.5, 0.6) is 0 Å². The second kappa shape index (κ2) is 4.63. The molecule has 1 aliphatic carbocycles. The van der Waals surface area contributed by atoms with Crippen molar-refractivity contribution in [2.45, 2.75) is 31.3 Å². The summed E-state index contributed by atoms with van der Waals surface area (Å²) in [6.45, 7) is 0.267. The maximum absolute atomic E-state index is 13.2. The first-order chi connectivity index (χ1) is 8.05. The molecule has 0 aromatic heterocycles. The molecule has 0 heterocycles. The highest BCUT2D eigenvalue weighted by atomic mass is 35.5. The fraction of sp³-hybridized carbons (Fsp3) is 0.417. The molecule has 17 heavy (non-hydrogen) atoms. The molecule has 92 valence electrons. The standard InChI is InChI=1S/C12H13ClFNO2/c13-10-8(3-1-4-9(10)14)7-15-12(11(16)17)5-2-6-12/h1,3-4,15H,2,5-7H2,(H,16,17). The summed E-state index contributed by atoms with van der Waals surface area (Å²) in [5, 5.41) is 12.1. The number of carboxylic acid groups (broad SMARTS) is 1. The third-order valence-corrected chi connectivity index (χ3v) is 3.69. The van der Waals surface area contributed by atoms with Gasteiger partial charge in [-0.3, -0.25) is 10.1 Å². The lowest BCUT2D eigenvalue weighted by Crippen LogP contribution is -2.56. The van der Waals surface area contributed by atoms with Gasteiger partial charge in [0, 0.05) is 6.54 Å². The molecule has 0 radical (unpaired) electrons. The van der Waals surface area contributed by atoms with Gasteiger partial charge in [-0.2, -0.15) is 0 Å². The van der Waals surface area contributed by atoms with Crippen LogP contribution in [0.4, 0.5) is 4.39 Å². The number of carbonyl (C=O) groups is 1. The molecular formula is C12H13ClFNO2. The van der Waals surface area contributed by atoms with Crippen molar-refractivity contribution in [3.63, 3.8) is 0 Å². The maximum atomic E-state index is 13.2. The summed E-state index contributed by atoms with van der Waals surface area (Å²) in [5.41, 5.74) is -0.269. The monoisotopic (exact) mass is 257 g/mol. The van der Waals surface area contributed by atoms with Gasteiger partial charge in [0.15, 0.2) is 0 Å². The number of rotatable bonds is 4. The van der Waals surface area contributed by atoms with E-state index in [0.29, 0.717) is 18.4 Å². The van der Waals surface area contributed by atoms with Crippen LogP contribution in [0.3, 0.4) is 0 Å². The van der Waals surface area contributed by atoms with E-state index >= 15 is 0 Å². The Balaban J connectivity index is 2.07. The molecule has 0 spiro atoms. The molecule has 1 aliphatic rings. The number of hydrogen-bond acceptors (Lipinski definition) is 2. The summed E-state index contributed by atoms with van der Waals surface area (Å²) in [6, 6.07) is 4.53. The summed E-state index contributed by atoms with van der Waals surface area (Å²) in [6.07, 6.45) is 2.11. The second-order valence-electron chi connectivity index (χ2n) is 4.31. The van der Waals surface area contributed by atoms with Crippen molar-refractivity contribution in [1.82, 2.24) is 5.32 Å². The number of hydrogen-bond donors (Lipinski definition) is 2. The molecular weight excluding hydrogens is 245 g/mol. The van der Waals surface area contributed by atoms with E-state index in [4.69, 9.17) is 16.7 Å². The van der Waals surface area contributed by atoms with Crippen LogP contribution >= 0.6 is 11.6 Å². The Morgan fingerprint density at radius 3 is 2.76 bits per heavy atom. The minimum Gasteiger partial charge on any atom is -0.480 e. The zero-order valence-electron chi connectivity index (χ0n) is 9.17. The SMILES string of the molecule is O=C(O)C1(NCc2cccc(F)c2Cl)CCC1. The van der Waals surface area contributed by atoms with Crippen LogP contribution in [0.2, 0.25) is 5.02 Å². The normalized spacial score (nSPS) is 17.5. The van der Waals surface area contributed by atoms with E-state index in [1.165, 1.54) is 6.07 Å². The van der Waals surface area contributed by atoms with Gasteiger partial charge < -0.3 is 5.11 Å². The van der Waals surface area contributed by atoms with Crippen LogP contribution in [-0.2, 0) is 11.3 Å². The van der Waals surface area contributed by atoms with E-state index < -0.39 is 17.3 Å². The Hall–Kier alpha value is -1.13. The molecule has 1 fully saturated rings. The van der Waals surface area contributed by atoms with Crippen molar-refractivity contribution in [2.75, 3.05) is 0 Å². The van der Waals surface area contributed by atoms with Gasteiger partial charge in [0.1, 0.15) is 11.4 Å². The Labute approximate surface area is 104 Å². The zero-order chi connectivity index (χ0) is 12.5. The highest BCUT2D eigenvalue weighted by Gasteiger charge is 2.43. The third-order valence-electron chi connectivity index (χ3n) is 3.27. The lowest BCUT2D eigenvalue weighted by atomic mass is 9.76. The van der Waals surface area contributed by atoms with Gasteiger partial charge in [-0.15, -0.1) is 0 Å². The van der Waals surface area contributed by atoms with Crippen LogP contribution in [0.25, 0.3) is 0 Å². The van der Waals surface area contributed by atoms with E-state index in [-0.39, 0.29) is 11.6 Å². The lowest BCUT2D eigenvalue weighted by molar-refractivity contribution is -0.148. The van der Waals surface area contributed by atoms with Crippen molar-refractivity contribution in [1.29, 1.82) is 0 Å². The molecule has 5 heteroatoms. The minimum absolute atomic E-state index is 0.0554. The van der Waals surface area contributed by atoms with Crippen molar-refractivity contribution in [3.8, 4) is 0 Å². The molecule has 0 unspecified atom stereocenters. The average Bonchev–Trinajstić information content (AvgIpc) is 2.22. The largest absolute Gasteiger partial charge is 0.480 e. The Bertz CT molecular complexity index is 446. The van der Waals surface area contributed by atoms with E-state index in [1.54, 1.807) is 12.1 Å². The molecule has 0 amide bonds. The maximum Gasteiger partial charge on any atom is 0.323 e. The highest BCUT2D eigenvalue weighted by molar-refractivity contribution is 6.31. The van der Waals surface area contributed by atoms with Gasteiger partial charge in [0.2, 0.25) is 0 Å². The van der Waals surface area contributed by atoms with E-state index in [0.717, 1.165) is 6.42 Å². The number of benzene rings is 1. The topological polar surface area (TPSA) is 49.3 Å². The number of halogens is 2. The Kier molecular flexibility index (Phi) is 3.35. The summed E-state index contributed by atoms with van der Waals surface area (Å²) >= 11 is 5.80. The van der Waals surface area contributed by atoms with Gasteiger partial charge in [0.25, 0.3) is 0 Å². The molecule has 2 rings (SSSR count). The van der Waals surface area contributed by atoms with Crippen molar-refractivity contribution < 1.29 is 14.3 Å². The first-order valence-electron chi connectivity index (χ1n) is 5.46. The Morgan fingerprint density at radius 1 is 1.53 bits per heavy atom. The fourth-order valence-electron chi connectivity index (χ4n) is 1.95. The molecule has 0 aliphatic heterocycles. The summed E-state index contributed by atoms with van der Waals surface area (Å²) in [7, 11) is 0. The smallest absolute Gasteiger partial charge is 0.323 e. The molecule has 1 saturated carbocycles. The van der Waals surface area contributed by atoms with Crippen molar-refractivity contribution >= 4 is 17.6 Å². The van der Waals surface area contributed by atoms with Gasteiger partial charge in [-0.25, -0.2) is 4.39 Å². The first-order valence-corrected chi connectivity index (χ1v) is 5.84. The third kappa shape index (κ3) is 2.28. The predicted octanol–water partition coefficient (Wildman–Crippen LogP) is 2.58. The first kappa shape index (κ1) is 12.3. The second-order valence-corrected chi connectivity index (χ2v) is 4.69. The van der Waals surface area contributed by atoms with Crippen molar-refractivity contribution in [2.24, 2.45) is 0 Å². The summed E-state index contributed by atoms with van der Waals surface area (Å²) < 4.78 is 13.2. The van der Waals surface area contributed by atoms with E-state index in [1.807, 2.05) is 0 Å². The lowest BCUT2D eigenvalue weighted by Gasteiger charge is -2.38. The van der Waals surface area contributed by atoms with Gasteiger partial charge in [-0.05, 0) is 30.9 Å². The number of aliphatic carboxylic acids is 1. The number of carboxylic acids is 1. The van der Waals surface area contributed by atoms with Crippen LogP contribution < -0.4 is 5.32 Å². The van der Waals surface area contributed by atoms with E-state index in [9.17, 15) is 9.18 Å². The molecule has 0 atom stereocenters. The van der Waals surface area contributed by atoms with Crippen LogP contribution in [0, 0.1) is 5.82 Å². The van der Waals surface area contributed by atoms with Crippen LogP contribution in [0.1, 0.15) is 24.8 Å². The molecule has 0 bridgehead atoms. The van der Waals surface area contributed by atoms with E-state index in [2.05, 4.69) is 5.32 Å². The summed E-state index contributed by atoms with van der Waals surface area (Å²) in [5.74, 6) is -1.33. The van der Waals surface area contributed by atoms with Gasteiger partial charge >= 0.3 is 5.97 Å². The highest BCUT2D eigenvalue weighted by Crippen LogP contribution is 2.32. The molecule has 3 nitrogen and oxygen atoms in total. The average molecular weight is 258 g/mol. The van der Waals surface area contributed by atoms with Gasteiger partial charge in [-0.1, -0.05) is 23.7 Å². The molecule has 1 aromatic carbocycles. The van der Waals surface area contributed by atoms with Crippen molar-refractivity contribution in [3.05, 3.63) is 34.6 Å². The minimum atomic E-state index is -0.852. The molecule has 0 saturated heterocycles. The zero-order valence-corrected chi connectivity index (χ0v) is 9.93. The summed E-state index contributed by atoms with van der Waals surface area (Å²) in [4.78, 5) is 11.1. The van der Waals surface area contributed by atoms with Crippen LogP contribution in [-0.4, -0.2) is 16.6 Å². The molecule has 2 N–H and O–H groups in total. The quantitative estimate of drug-likeness (QED) is 0.872. The van der Waals surface area contributed by atoms with Gasteiger partial charge in [0.05, 0.1) is 5.02 Å². The number of nitrogens with one attached hydrogen (secondary N) is 1. The predicted molar refractivity (Wildman–Crippen MR) is 62.5 cm³/mol.